The molecule has 0 aliphatic heterocycles. The highest BCUT2D eigenvalue weighted by Crippen LogP contribution is 2.32. The number of fused-ring (bicyclic) bond motifs is 1. The summed E-state index contributed by atoms with van der Waals surface area (Å²) in [6.07, 6.45) is 1.57. The van der Waals surface area contributed by atoms with Gasteiger partial charge in [0.05, 0.1) is 21.9 Å². The molecule has 0 bridgehead atoms. The van der Waals surface area contributed by atoms with Crippen LogP contribution in [0.1, 0.15) is 16.1 Å². The van der Waals surface area contributed by atoms with Gasteiger partial charge < -0.3 is 0 Å². The zero-order valence-electron chi connectivity index (χ0n) is 15.2. The lowest BCUT2D eigenvalue weighted by atomic mass is 10.2. The molecule has 0 aliphatic rings. The number of amides is 1. The van der Waals surface area contributed by atoms with E-state index in [4.69, 9.17) is 0 Å². The van der Waals surface area contributed by atoms with Crippen molar-refractivity contribution in [2.75, 3.05) is 4.90 Å². The van der Waals surface area contributed by atoms with Crippen LogP contribution in [0.25, 0.3) is 10.2 Å². The van der Waals surface area contributed by atoms with E-state index in [-0.39, 0.29) is 33.1 Å². The van der Waals surface area contributed by atoms with Crippen LogP contribution in [0, 0.1) is 21.7 Å². The number of benzene rings is 2. The van der Waals surface area contributed by atoms with Gasteiger partial charge in [0, 0.05) is 30.0 Å². The number of nitrogens with zero attached hydrogens (tertiary/aromatic N) is 4. The molecule has 150 valence electrons. The Bertz CT molecular complexity index is 1250. The lowest BCUT2D eigenvalue weighted by molar-refractivity contribution is -0.384. The number of hydrogen-bond acceptors (Lipinski definition) is 6. The van der Waals surface area contributed by atoms with Crippen LogP contribution in [0.2, 0.25) is 0 Å². The van der Waals surface area contributed by atoms with Crippen LogP contribution in [0.4, 0.5) is 19.6 Å². The highest BCUT2D eigenvalue weighted by atomic mass is 32.1. The highest BCUT2D eigenvalue weighted by Gasteiger charge is 2.24. The third-order valence-electron chi connectivity index (χ3n) is 4.25. The van der Waals surface area contributed by atoms with Gasteiger partial charge in [-0.1, -0.05) is 17.4 Å². The first-order valence-corrected chi connectivity index (χ1v) is 9.46. The fourth-order valence-electron chi connectivity index (χ4n) is 2.82. The summed E-state index contributed by atoms with van der Waals surface area (Å²) in [6, 6.07) is 12.2. The van der Waals surface area contributed by atoms with E-state index in [1.54, 1.807) is 24.4 Å². The molecule has 10 heteroatoms. The monoisotopic (exact) mass is 426 g/mol. The minimum Gasteiger partial charge on any atom is -0.278 e. The van der Waals surface area contributed by atoms with E-state index >= 15 is 0 Å². The van der Waals surface area contributed by atoms with Crippen molar-refractivity contribution in [1.82, 2.24) is 9.97 Å². The molecule has 0 spiro atoms. The van der Waals surface area contributed by atoms with Gasteiger partial charge in [0.15, 0.2) is 10.9 Å². The van der Waals surface area contributed by atoms with E-state index in [1.165, 1.54) is 29.2 Å². The van der Waals surface area contributed by atoms with Gasteiger partial charge in [-0.3, -0.25) is 24.8 Å². The molecule has 0 unspecified atom stereocenters. The van der Waals surface area contributed by atoms with E-state index in [1.807, 2.05) is 0 Å². The number of nitro groups is 1. The van der Waals surface area contributed by atoms with Crippen molar-refractivity contribution in [3.8, 4) is 0 Å². The van der Waals surface area contributed by atoms with Crippen LogP contribution >= 0.6 is 11.3 Å². The second-order valence-corrected chi connectivity index (χ2v) is 7.26. The van der Waals surface area contributed by atoms with Gasteiger partial charge in [0.25, 0.3) is 11.6 Å². The average Bonchev–Trinajstić information content (AvgIpc) is 3.16. The summed E-state index contributed by atoms with van der Waals surface area (Å²) in [5, 5.41) is 11.0. The summed E-state index contributed by atoms with van der Waals surface area (Å²) in [4.78, 5) is 33.2. The Morgan fingerprint density at radius 3 is 2.57 bits per heavy atom. The second-order valence-electron chi connectivity index (χ2n) is 6.25. The molecule has 0 fully saturated rings. The average molecular weight is 426 g/mol. The van der Waals surface area contributed by atoms with Gasteiger partial charge in [-0.2, -0.15) is 0 Å². The van der Waals surface area contributed by atoms with Crippen LogP contribution in [-0.2, 0) is 6.54 Å². The van der Waals surface area contributed by atoms with Gasteiger partial charge in [-0.05, 0) is 30.3 Å². The number of hydrogen-bond donors (Lipinski definition) is 0. The SMILES string of the molecule is O=C(c1ccc([N+](=O)[O-])cc1)N(Cc1ccccn1)c1nc2c(F)cc(F)cc2s1. The van der Waals surface area contributed by atoms with E-state index in [0.29, 0.717) is 5.69 Å². The maximum absolute atomic E-state index is 14.1. The summed E-state index contributed by atoms with van der Waals surface area (Å²) in [7, 11) is 0. The molecule has 0 radical (unpaired) electrons. The molecule has 2 aromatic carbocycles. The minimum absolute atomic E-state index is 0.0284. The number of pyridine rings is 1. The molecule has 0 N–H and O–H groups in total. The molecular formula is C20H12F2N4O3S. The molecule has 2 heterocycles. The van der Waals surface area contributed by atoms with Crippen molar-refractivity contribution in [3.63, 3.8) is 0 Å². The summed E-state index contributed by atoms with van der Waals surface area (Å²) < 4.78 is 27.9. The zero-order chi connectivity index (χ0) is 21.3. The molecule has 7 nitrogen and oxygen atoms in total. The van der Waals surface area contributed by atoms with E-state index < -0.39 is 22.5 Å². The van der Waals surface area contributed by atoms with Crippen molar-refractivity contribution < 1.29 is 18.5 Å². The Morgan fingerprint density at radius 2 is 1.90 bits per heavy atom. The molecule has 4 aromatic rings. The Balaban J connectivity index is 1.77. The Kier molecular flexibility index (Phi) is 5.15. The summed E-state index contributed by atoms with van der Waals surface area (Å²) in [6.45, 7) is 0.0284. The first-order chi connectivity index (χ1) is 14.4. The van der Waals surface area contributed by atoms with Crippen LogP contribution in [0.5, 0.6) is 0 Å². The number of aromatic nitrogens is 2. The van der Waals surface area contributed by atoms with Gasteiger partial charge >= 0.3 is 0 Å². The number of thiazole rings is 1. The lowest BCUT2D eigenvalue weighted by Crippen LogP contribution is -2.30. The third kappa shape index (κ3) is 3.85. The Labute approximate surface area is 172 Å². The van der Waals surface area contributed by atoms with Crippen molar-refractivity contribution >= 4 is 38.3 Å². The lowest BCUT2D eigenvalue weighted by Gasteiger charge is -2.19. The van der Waals surface area contributed by atoms with Gasteiger partial charge in [0.1, 0.15) is 11.3 Å². The Hall–Kier alpha value is -3.79. The maximum Gasteiger partial charge on any atom is 0.269 e. The molecule has 0 aliphatic carbocycles. The number of anilines is 1. The zero-order valence-corrected chi connectivity index (χ0v) is 16.0. The predicted molar refractivity (Wildman–Crippen MR) is 107 cm³/mol. The standard InChI is InChI=1S/C20H12F2N4O3S/c21-13-9-16(22)18-17(10-13)30-20(24-18)25(11-14-3-1-2-8-23-14)19(27)12-4-6-15(7-5-12)26(28)29/h1-10H,11H2. The topological polar surface area (TPSA) is 89.2 Å². The number of nitro benzene ring substituents is 1. The molecule has 1 amide bonds. The third-order valence-corrected chi connectivity index (χ3v) is 5.27. The number of carbonyl (C=O) groups excluding carboxylic acids is 1. The normalized spacial score (nSPS) is 10.9. The minimum atomic E-state index is -0.826. The number of non-ortho nitro benzene ring substituents is 1. The Morgan fingerprint density at radius 1 is 1.13 bits per heavy atom. The molecule has 0 saturated heterocycles. The van der Waals surface area contributed by atoms with Crippen LogP contribution in [0.15, 0.2) is 60.8 Å². The van der Waals surface area contributed by atoms with Gasteiger partial charge in [-0.25, -0.2) is 13.8 Å². The van der Waals surface area contributed by atoms with E-state index in [0.717, 1.165) is 23.5 Å². The van der Waals surface area contributed by atoms with Crippen LogP contribution in [-0.4, -0.2) is 20.8 Å². The maximum atomic E-state index is 14.1. The van der Waals surface area contributed by atoms with Crippen molar-refractivity contribution in [2.45, 2.75) is 6.54 Å². The summed E-state index contributed by atoms with van der Waals surface area (Å²) >= 11 is 0.962. The summed E-state index contributed by atoms with van der Waals surface area (Å²) in [5.74, 6) is -2.07. The van der Waals surface area contributed by atoms with Crippen molar-refractivity contribution in [1.29, 1.82) is 0 Å². The quantitative estimate of drug-likeness (QED) is 0.340. The smallest absolute Gasteiger partial charge is 0.269 e. The first-order valence-electron chi connectivity index (χ1n) is 8.64. The fourth-order valence-corrected chi connectivity index (χ4v) is 3.83. The number of carbonyl (C=O) groups is 1. The number of halogens is 2. The largest absolute Gasteiger partial charge is 0.278 e. The molecule has 2 aromatic heterocycles. The second kappa shape index (κ2) is 7.91. The molecule has 30 heavy (non-hydrogen) atoms. The van der Waals surface area contributed by atoms with E-state index in [2.05, 4.69) is 9.97 Å². The van der Waals surface area contributed by atoms with Crippen LogP contribution in [0.3, 0.4) is 0 Å². The number of rotatable bonds is 5. The molecular weight excluding hydrogens is 414 g/mol. The molecule has 0 saturated carbocycles. The fraction of sp³-hybridized carbons (Fsp3) is 0.0500. The van der Waals surface area contributed by atoms with Crippen LogP contribution < -0.4 is 4.90 Å². The van der Waals surface area contributed by atoms with E-state index in [9.17, 15) is 23.7 Å². The van der Waals surface area contributed by atoms with Crippen molar-refractivity contribution in [3.05, 3.63) is 93.8 Å². The molecule has 0 atom stereocenters. The molecule has 4 rings (SSSR count). The summed E-state index contributed by atoms with van der Waals surface area (Å²) in [5.41, 5.74) is 0.542. The van der Waals surface area contributed by atoms with Gasteiger partial charge in [-0.15, -0.1) is 0 Å². The predicted octanol–water partition coefficient (Wildman–Crippen LogP) is 4.72. The van der Waals surface area contributed by atoms with Crippen molar-refractivity contribution in [2.24, 2.45) is 0 Å². The highest BCUT2D eigenvalue weighted by molar-refractivity contribution is 7.22. The van der Waals surface area contributed by atoms with Gasteiger partial charge in [0.2, 0.25) is 0 Å². The first kappa shape index (κ1) is 19.5.